The van der Waals surface area contributed by atoms with Crippen molar-refractivity contribution in [3.05, 3.63) is 29.8 Å². The van der Waals surface area contributed by atoms with Crippen LogP contribution in [0.25, 0.3) is 0 Å². The average Bonchev–Trinajstić information content (AvgIpc) is 2.60. The number of amides is 5. The van der Waals surface area contributed by atoms with Crippen molar-refractivity contribution in [2.75, 3.05) is 25.0 Å². The molecule has 8 nitrogen and oxygen atoms in total. The Hall–Kier alpha value is -2.77. The fourth-order valence-electron chi connectivity index (χ4n) is 3.49. The van der Waals surface area contributed by atoms with Gasteiger partial charge in [-0.25, -0.2) is 9.59 Å². The Balaban J connectivity index is 1.91. The van der Waals surface area contributed by atoms with Crippen LogP contribution >= 0.6 is 0 Å². The summed E-state index contributed by atoms with van der Waals surface area (Å²) in [7, 11) is 1.56. The van der Waals surface area contributed by atoms with Gasteiger partial charge in [0.15, 0.2) is 0 Å². The van der Waals surface area contributed by atoms with E-state index in [0.717, 1.165) is 24.3 Å². The maximum atomic E-state index is 12.4. The van der Waals surface area contributed by atoms with Crippen LogP contribution < -0.4 is 20.9 Å². The van der Waals surface area contributed by atoms with E-state index in [2.05, 4.69) is 34.7 Å². The smallest absolute Gasteiger partial charge is 0.325 e. The molecular formula is C17H23N5O3. The predicted molar refractivity (Wildman–Crippen MR) is 93.0 cm³/mol. The summed E-state index contributed by atoms with van der Waals surface area (Å²) in [6, 6.07) is 6.41. The molecule has 0 aromatic heterocycles. The molecule has 0 aliphatic carbocycles. The Bertz CT molecular complexity index is 686. The topological polar surface area (TPSA) is 93.8 Å². The molecule has 1 aromatic rings. The Morgan fingerprint density at radius 3 is 2.28 bits per heavy atom. The van der Waals surface area contributed by atoms with Crippen molar-refractivity contribution in [1.82, 2.24) is 20.9 Å². The maximum Gasteiger partial charge on any atom is 0.325 e. The van der Waals surface area contributed by atoms with E-state index in [4.69, 9.17) is 0 Å². The van der Waals surface area contributed by atoms with Crippen molar-refractivity contribution in [1.29, 1.82) is 0 Å². The Labute approximate surface area is 146 Å². The number of carbonyl (C=O) groups is 3. The minimum Gasteiger partial charge on any atom is -0.372 e. The molecule has 2 saturated heterocycles. The van der Waals surface area contributed by atoms with E-state index >= 15 is 0 Å². The molecule has 134 valence electrons. The SMILES string of the molecule is CCN(CC)c1ccc(C2NC(=O)NC3C2C(=O)NC(=O)N3C)cc1. The fourth-order valence-corrected chi connectivity index (χ4v) is 3.49. The molecule has 25 heavy (non-hydrogen) atoms. The lowest BCUT2D eigenvalue weighted by molar-refractivity contribution is -0.130. The highest BCUT2D eigenvalue weighted by atomic mass is 16.2. The van der Waals surface area contributed by atoms with Crippen LogP contribution in [0.5, 0.6) is 0 Å². The van der Waals surface area contributed by atoms with Gasteiger partial charge in [0.05, 0.1) is 6.04 Å². The van der Waals surface area contributed by atoms with E-state index < -0.39 is 36.1 Å². The normalized spacial score (nSPS) is 25.6. The Morgan fingerprint density at radius 1 is 1.04 bits per heavy atom. The van der Waals surface area contributed by atoms with Crippen molar-refractivity contribution in [2.24, 2.45) is 5.92 Å². The monoisotopic (exact) mass is 345 g/mol. The molecule has 2 aliphatic heterocycles. The van der Waals surface area contributed by atoms with Gasteiger partial charge in [-0.15, -0.1) is 0 Å². The van der Waals surface area contributed by atoms with Crippen molar-refractivity contribution in [3.8, 4) is 0 Å². The van der Waals surface area contributed by atoms with Crippen LogP contribution in [0.1, 0.15) is 25.5 Å². The minimum atomic E-state index is -0.664. The summed E-state index contributed by atoms with van der Waals surface area (Å²) in [6.07, 6.45) is -0.664. The molecule has 0 bridgehead atoms. The molecule has 8 heteroatoms. The molecule has 2 heterocycles. The highest BCUT2D eigenvalue weighted by Gasteiger charge is 2.48. The van der Waals surface area contributed by atoms with E-state index in [1.165, 1.54) is 4.90 Å². The van der Waals surface area contributed by atoms with Crippen LogP contribution in [-0.4, -0.2) is 49.2 Å². The van der Waals surface area contributed by atoms with Gasteiger partial charge < -0.3 is 20.4 Å². The van der Waals surface area contributed by atoms with E-state index in [0.29, 0.717) is 0 Å². The lowest BCUT2D eigenvalue weighted by atomic mass is 9.86. The molecule has 1 aromatic carbocycles. The average molecular weight is 345 g/mol. The molecule has 0 saturated carbocycles. The summed E-state index contributed by atoms with van der Waals surface area (Å²) >= 11 is 0. The molecule has 2 fully saturated rings. The van der Waals surface area contributed by atoms with Gasteiger partial charge in [0.2, 0.25) is 5.91 Å². The van der Waals surface area contributed by atoms with Gasteiger partial charge >= 0.3 is 12.1 Å². The third kappa shape index (κ3) is 2.99. The molecule has 3 atom stereocenters. The zero-order valence-corrected chi connectivity index (χ0v) is 14.6. The number of hydrogen-bond donors (Lipinski definition) is 3. The van der Waals surface area contributed by atoms with E-state index in [9.17, 15) is 14.4 Å². The zero-order valence-electron chi connectivity index (χ0n) is 14.6. The maximum absolute atomic E-state index is 12.4. The van der Waals surface area contributed by atoms with Crippen molar-refractivity contribution >= 4 is 23.7 Å². The van der Waals surface area contributed by atoms with Crippen molar-refractivity contribution < 1.29 is 14.4 Å². The van der Waals surface area contributed by atoms with E-state index in [1.807, 2.05) is 24.3 Å². The van der Waals surface area contributed by atoms with Crippen LogP contribution in [0.15, 0.2) is 24.3 Å². The van der Waals surface area contributed by atoms with E-state index in [1.54, 1.807) is 7.05 Å². The molecular weight excluding hydrogens is 322 g/mol. The Morgan fingerprint density at radius 2 is 1.68 bits per heavy atom. The van der Waals surface area contributed by atoms with Gasteiger partial charge in [-0.3, -0.25) is 10.1 Å². The molecule has 3 rings (SSSR count). The van der Waals surface area contributed by atoms with Crippen LogP contribution in [0.2, 0.25) is 0 Å². The summed E-state index contributed by atoms with van der Waals surface area (Å²) in [6.45, 7) is 5.99. The molecule has 2 aliphatic rings. The molecule has 0 radical (unpaired) electrons. The van der Waals surface area contributed by atoms with Gasteiger partial charge in [-0.05, 0) is 31.5 Å². The van der Waals surface area contributed by atoms with Crippen LogP contribution in [0.4, 0.5) is 15.3 Å². The van der Waals surface area contributed by atoms with Crippen LogP contribution in [0, 0.1) is 5.92 Å². The second-order valence-electron chi connectivity index (χ2n) is 6.24. The zero-order chi connectivity index (χ0) is 18.1. The van der Waals surface area contributed by atoms with E-state index in [-0.39, 0.29) is 0 Å². The van der Waals surface area contributed by atoms with Gasteiger partial charge in [0, 0.05) is 25.8 Å². The number of hydrogen-bond acceptors (Lipinski definition) is 4. The highest BCUT2D eigenvalue weighted by Crippen LogP contribution is 2.32. The first-order chi connectivity index (χ1) is 12.0. The number of nitrogens with zero attached hydrogens (tertiary/aromatic N) is 2. The second kappa shape index (κ2) is 6.62. The van der Waals surface area contributed by atoms with Gasteiger partial charge in [0.25, 0.3) is 0 Å². The first kappa shape index (κ1) is 17.1. The summed E-state index contributed by atoms with van der Waals surface area (Å²) in [5.41, 5.74) is 1.92. The summed E-state index contributed by atoms with van der Waals surface area (Å²) in [5, 5.41) is 7.81. The second-order valence-corrected chi connectivity index (χ2v) is 6.24. The number of rotatable bonds is 4. The number of nitrogens with one attached hydrogen (secondary N) is 3. The van der Waals surface area contributed by atoms with Crippen molar-refractivity contribution in [3.63, 3.8) is 0 Å². The number of fused-ring (bicyclic) bond motifs is 1. The molecule has 3 unspecified atom stereocenters. The van der Waals surface area contributed by atoms with Crippen molar-refractivity contribution in [2.45, 2.75) is 26.1 Å². The summed E-state index contributed by atoms with van der Waals surface area (Å²) < 4.78 is 0. The summed E-state index contributed by atoms with van der Waals surface area (Å²) in [4.78, 5) is 39.8. The molecule has 5 amide bonds. The molecule has 0 spiro atoms. The van der Waals surface area contributed by atoms with Crippen LogP contribution in [-0.2, 0) is 4.79 Å². The third-order valence-electron chi connectivity index (χ3n) is 4.92. The lowest BCUT2D eigenvalue weighted by Crippen LogP contribution is -2.71. The fraction of sp³-hybridized carbons (Fsp3) is 0.471. The van der Waals surface area contributed by atoms with Crippen LogP contribution in [0.3, 0.4) is 0 Å². The largest absolute Gasteiger partial charge is 0.372 e. The minimum absolute atomic E-state index is 0.390. The van der Waals surface area contributed by atoms with Gasteiger partial charge in [-0.2, -0.15) is 0 Å². The summed E-state index contributed by atoms with van der Waals surface area (Å²) in [5.74, 6) is -0.988. The first-order valence-electron chi connectivity index (χ1n) is 8.45. The Kier molecular flexibility index (Phi) is 4.52. The number of imide groups is 1. The highest BCUT2D eigenvalue weighted by molar-refractivity contribution is 6.00. The molecule has 3 N–H and O–H groups in total. The van der Waals surface area contributed by atoms with Gasteiger partial charge in [-0.1, -0.05) is 12.1 Å². The quantitative estimate of drug-likeness (QED) is 0.759. The predicted octanol–water partition coefficient (Wildman–Crippen LogP) is 1.01. The number of carbonyl (C=O) groups excluding carboxylic acids is 3. The standard InChI is InChI=1S/C17H23N5O3/c1-4-22(5-2)11-8-6-10(7-9-11)13-12-14(19-16(24)18-13)21(3)17(25)20-15(12)23/h6-9,12-14H,4-5H2,1-3H3,(H2,18,19,24)(H,20,23,25). The number of urea groups is 2. The third-order valence-corrected chi connectivity index (χ3v) is 4.92. The van der Waals surface area contributed by atoms with Gasteiger partial charge in [0.1, 0.15) is 12.1 Å². The number of benzene rings is 1. The lowest BCUT2D eigenvalue weighted by Gasteiger charge is -2.45. The first-order valence-corrected chi connectivity index (χ1v) is 8.45. The number of anilines is 1.